The molecule has 1 aromatic carbocycles. The van der Waals surface area contributed by atoms with E-state index in [4.69, 9.17) is 23.8 Å². The molecule has 3 rings (SSSR count). The maximum atomic E-state index is 5.99. The van der Waals surface area contributed by atoms with Gasteiger partial charge in [-0.15, -0.1) is 0 Å². The molecular weight excluding hydrogens is 266 g/mol. The molecule has 0 atom stereocenters. The minimum Gasteiger partial charge on any atom is -0.329 e. The highest BCUT2D eigenvalue weighted by molar-refractivity contribution is 7.71. The molecule has 5 heteroatoms. The standard InChI is InChI=1S/C13H10ClN3S/c14-10-3-1-2-9(6-10)8-17-12-4-5-15-7-11(12)16-13(17)18/h1-7H,8H2,(H,16,18). The molecule has 0 bridgehead atoms. The molecule has 0 aliphatic heterocycles. The van der Waals surface area contributed by atoms with Crippen molar-refractivity contribution in [2.75, 3.05) is 0 Å². The highest BCUT2D eigenvalue weighted by Crippen LogP contribution is 2.16. The van der Waals surface area contributed by atoms with Gasteiger partial charge in [-0.3, -0.25) is 4.98 Å². The first-order chi connectivity index (χ1) is 8.74. The molecule has 0 fully saturated rings. The van der Waals surface area contributed by atoms with Gasteiger partial charge in [0.1, 0.15) is 0 Å². The first kappa shape index (κ1) is 11.4. The average molecular weight is 276 g/mol. The molecule has 0 spiro atoms. The second kappa shape index (κ2) is 4.55. The summed E-state index contributed by atoms with van der Waals surface area (Å²) >= 11 is 11.3. The van der Waals surface area contributed by atoms with E-state index in [1.165, 1.54) is 0 Å². The van der Waals surface area contributed by atoms with E-state index in [0.717, 1.165) is 21.6 Å². The number of fused-ring (bicyclic) bond motifs is 1. The molecule has 0 aliphatic rings. The van der Waals surface area contributed by atoms with Crippen molar-refractivity contribution in [1.29, 1.82) is 0 Å². The van der Waals surface area contributed by atoms with E-state index in [2.05, 4.69) is 9.97 Å². The molecule has 18 heavy (non-hydrogen) atoms. The lowest BCUT2D eigenvalue weighted by Crippen LogP contribution is -1.99. The van der Waals surface area contributed by atoms with E-state index in [9.17, 15) is 0 Å². The van der Waals surface area contributed by atoms with Gasteiger partial charge in [0.05, 0.1) is 23.8 Å². The smallest absolute Gasteiger partial charge is 0.178 e. The lowest BCUT2D eigenvalue weighted by molar-refractivity contribution is 0.810. The molecule has 1 N–H and O–H groups in total. The number of nitrogens with one attached hydrogen (secondary N) is 1. The predicted molar refractivity (Wildman–Crippen MR) is 75.5 cm³/mol. The summed E-state index contributed by atoms with van der Waals surface area (Å²) in [6, 6.07) is 9.74. The van der Waals surface area contributed by atoms with Gasteiger partial charge in [0, 0.05) is 11.2 Å². The fourth-order valence-electron chi connectivity index (χ4n) is 1.99. The topological polar surface area (TPSA) is 33.6 Å². The van der Waals surface area contributed by atoms with E-state index in [1.54, 1.807) is 12.4 Å². The van der Waals surface area contributed by atoms with Gasteiger partial charge in [-0.05, 0) is 36.0 Å². The SMILES string of the molecule is S=c1[nH]c2cnccc2n1Cc1cccc(Cl)c1. The van der Waals surface area contributed by atoms with Gasteiger partial charge in [-0.25, -0.2) is 0 Å². The van der Waals surface area contributed by atoms with E-state index in [0.29, 0.717) is 11.3 Å². The Morgan fingerprint density at radius 2 is 2.22 bits per heavy atom. The lowest BCUT2D eigenvalue weighted by Gasteiger charge is -2.05. The van der Waals surface area contributed by atoms with Crippen LogP contribution in [0.1, 0.15) is 5.56 Å². The predicted octanol–water partition coefficient (Wildman–Crippen LogP) is 3.80. The molecule has 3 nitrogen and oxygen atoms in total. The molecule has 0 saturated carbocycles. The summed E-state index contributed by atoms with van der Waals surface area (Å²) in [7, 11) is 0. The first-order valence-corrected chi connectivity index (χ1v) is 6.29. The molecule has 0 saturated heterocycles. The summed E-state index contributed by atoms with van der Waals surface area (Å²) in [5, 5.41) is 0.737. The third kappa shape index (κ3) is 2.05. The Morgan fingerprint density at radius 3 is 3.06 bits per heavy atom. The molecule has 0 aliphatic carbocycles. The van der Waals surface area contributed by atoms with Crippen LogP contribution < -0.4 is 0 Å². The number of benzene rings is 1. The number of rotatable bonds is 2. The van der Waals surface area contributed by atoms with Crippen LogP contribution in [-0.2, 0) is 6.54 Å². The van der Waals surface area contributed by atoms with Crippen LogP contribution in [-0.4, -0.2) is 14.5 Å². The molecule has 0 amide bonds. The van der Waals surface area contributed by atoms with Gasteiger partial charge in [0.2, 0.25) is 0 Å². The van der Waals surface area contributed by atoms with Crippen molar-refractivity contribution in [3.05, 3.63) is 58.1 Å². The van der Waals surface area contributed by atoms with Crippen LogP contribution in [0.4, 0.5) is 0 Å². The molecule has 3 aromatic rings. The number of aromatic nitrogens is 3. The lowest BCUT2D eigenvalue weighted by atomic mass is 10.2. The minimum atomic E-state index is 0.693. The largest absolute Gasteiger partial charge is 0.329 e. The van der Waals surface area contributed by atoms with Gasteiger partial charge in [0.15, 0.2) is 4.77 Å². The summed E-state index contributed by atoms with van der Waals surface area (Å²) in [6.07, 6.45) is 3.54. The third-order valence-electron chi connectivity index (χ3n) is 2.81. The summed E-state index contributed by atoms with van der Waals surface area (Å²) in [5.74, 6) is 0. The van der Waals surface area contributed by atoms with Crippen LogP contribution in [0.25, 0.3) is 11.0 Å². The Kier molecular flexibility index (Phi) is 2.89. The maximum Gasteiger partial charge on any atom is 0.178 e. The number of hydrogen-bond donors (Lipinski definition) is 1. The van der Waals surface area contributed by atoms with Crippen molar-refractivity contribution in [2.45, 2.75) is 6.54 Å². The normalized spacial score (nSPS) is 10.9. The Labute approximate surface area is 114 Å². The minimum absolute atomic E-state index is 0.693. The van der Waals surface area contributed by atoms with Crippen molar-refractivity contribution in [3.63, 3.8) is 0 Å². The van der Waals surface area contributed by atoms with Crippen LogP contribution in [0.3, 0.4) is 0 Å². The van der Waals surface area contributed by atoms with Crippen LogP contribution in [0.2, 0.25) is 5.02 Å². The van der Waals surface area contributed by atoms with E-state index < -0.39 is 0 Å². The van der Waals surface area contributed by atoms with Gasteiger partial charge in [0.25, 0.3) is 0 Å². The number of hydrogen-bond acceptors (Lipinski definition) is 2. The fraction of sp³-hybridized carbons (Fsp3) is 0.0769. The summed E-state index contributed by atoms with van der Waals surface area (Å²) in [5.41, 5.74) is 3.12. The Morgan fingerprint density at radius 1 is 1.33 bits per heavy atom. The number of halogens is 1. The highest BCUT2D eigenvalue weighted by atomic mass is 35.5. The van der Waals surface area contributed by atoms with E-state index in [-0.39, 0.29) is 0 Å². The van der Waals surface area contributed by atoms with Crippen molar-refractivity contribution in [1.82, 2.24) is 14.5 Å². The number of H-pyrrole nitrogens is 1. The molecule has 90 valence electrons. The quantitative estimate of drug-likeness (QED) is 0.722. The van der Waals surface area contributed by atoms with Crippen molar-refractivity contribution >= 4 is 34.9 Å². The van der Waals surface area contributed by atoms with Gasteiger partial charge < -0.3 is 9.55 Å². The maximum absolute atomic E-state index is 5.99. The van der Waals surface area contributed by atoms with Crippen molar-refractivity contribution in [2.24, 2.45) is 0 Å². The first-order valence-electron chi connectivity index (χ1n) is 5.51. The molecule has 0 unspecified atom stereocenters. The molecule has 2 heterocycles. The zero-order chi connectivity index (χ0) is 12.5. The molecule has 0 radical (unpaired) electrons. The van der Waals surface area contributed by atoms with Gasteiger partial charge in [-0.2, -0.15) is 0 Å². The zero-order valence-electron chi connectivity index (χ0n) is 9.43. The van der Waals surface area contributed by atoms with E-state index in [1.807, 2.05) is 34.9 Å². The zero-order valence-corrected chi connectivity index (χ0v) is 11.0. The van der Waals surface area contributed by atoms with Crippen LogP contribution >= 0.6 is 23.8 Å². The van der Waals surface area contributed by atoms with Crippen molar-refractivity contribution in [3.8, 4) is 0 Å². The molecule has 2 aromatic heterocycles. The number of pyridine rings is 1. The second-order valence-electron chi connectivity index (χ2n) is 4.04. The van der Waals surface area contributed by atoms with Crippen LogP contribution in [0.5, 0.6) is 0 Å². The number of imidazole rings is 1. The fourth-order valence-corrected chi connectivity index (χ4v) is 2.47. The second-order valence-corrected chi connectivity index (χ2v) is 4.86. The van der Waals surface area contributed by atoms with Crippen molar-refractivity contribution < 1.29 is 0 Å². The summed E-state index contributed by atoms with van der Waals surface area (Å²) in [4.78, 5) is 7.22. The van der Waals surface area contributed by atoms with Gasteiger partial charge >= 0.3 is 0 Å². The van der Waals surface area contributed by atoms with Crippen LogP contribution in [0.15, 0.2) is 42.7 Å². The highest BCUT2D eigenvalue weighted by Gasteiger charge is 2.04. The van der Waals surface area contributed by atoms with E-state index >= 15 is 0 Å². The number of nitrogens with zero attached hydrogens (tertiary/aromatic N) is 2. The summed E-state index contributed by atoms with van der Waals surface area (Å²) < 4.78 is 2.73. The average Bonchev–Trinajstić information content (AvgIpc) is 2.66. The third-order valence-corrected chi connectivity index (χ3v) is 3.36. The monoisotopic (exact) mass is 275 g/mol. The Balaban J connectivity index is 2.10. The Hall–Kier alpha value is -1.65. The Bertz CT molecular complexity index is 760. The van der Waals surface area contributed by atoms with Gasteiger partial charge in [-0.1, -0.05) is 23.7 Å². The number of aromatic amines is 1. The molecular formula is C13H10ClN3S. The van der Waals surface area contributed by atoms with Crippen LogP contribution in [0, 0.1) is 4.77 Å². The summed E-state index contributed by atoms with van der Waals surface area (Å²) in [6.45, 7) is 0.698.